The van der Waals surface area contributed by atoms with Crippen molar-refractivity contribution in [2.75, 3.05) is 40.0 Å². The number of dihydropyridines is 1. The fourth-order valence-corrected chi connectivity index (χ4v) is 5.93. The van der Waals surface area contributed by atoms with Gasteiger partial charge in [0.1, 0.15) is 5.60 Å². The lowest BCUT2D eigenvalue weighted by atomic mass is 9.80. The summed E-state index contributed by atoms with van der Waals surface area (Å²) >= 11 is 6.69. The Morgan fingerprint density at radius 2 is 1.98 bits per heavy atom. The highest BCUT2D eigenvalue weighted by molar-refractivity contribution is 6.31. The summed E-state index contributed by atoms with van der Waals surface area (Å²) in [6.07, 6.45) is 6.58. The van der Waals surface area contributed by atoms with Crippen molar-refractivity contribution < 1.29 is 23.8 Å². The van der Waals surface area contributed by atoms with Crippen LogP contribution in [0.4, 0.5) is 0 Å². The van der Waals surface area contributed by atoms with Gasteiger partial charge in [0.15, 0.2) is 0 Å². The molecule has 0 spiro atoms. The fraction of sp³-hybridized carbons (Fsp3) is 0.469. The smallest absolute Gasteiger partial charge is 0.337 e. The van der Waals surface area contributed by atoms with E-state index >= 15 is 0 Å². The molecule has 0 unspecified atom stereocenters. The van der Waals surface area contributed by atoms with Crippen LogP contribution < -0.4 is 11.1 Å². The second-order valence-corrected chi connectivity index (χ2v) is 11.2. The number of likely N-dealkylation sites (tertiary alicyclic amines) is 1. The summed E-state index contributed by atoms with van der Waals surface area (Å²) in [6.45, 7) is 7.10. The summed E-state index contributed by atoms with van der Waals surface area (Å²) in [4.78, 5) is 34.0. The minimum Gasteiger partial charge on any atom is -0.466 e. The molecule has 1 aromatic heterocycles. The maximum absolute atomic E-state index is 14.3. The first-order chi connectivity index (χ1) is 20.3. The van der Waals surface area contributed by atoms with Crippen LogP contribution in [0.5, 0.6) is 0 Å². The number of aromatic nitrogens is 1. The largest absolute Gasteiger partial charge is 0.466 e. The summed E-state index contributed by atoms with van der Waals surface area (Å²) in [7, 11) is 1.32. The van der Waals surface area contributed by atoms with E-state index in [-0.39, 0.29) is 6.61 Å². The first-order valence-electron chi connectivity index (χ1n) is 14.5. The maximum atomic E-state index is 14.3. The number of benzene rings is 1. The van der Waals surface area contributed by atoms with Crippen molar-refractivity contribution in [1.29, 1.82) is 0 Å². The Balaban J connectivity index is 1.69. The molecule has 2 aliphatic heterocycles. The molecule has 1 saturated heterocycles. The third kappa shape index (κ3) is 7.39. The third-order valence-corrected chi connectivity index (χ3v) is 8.30. The Bertz CT molecular complexity index is 1310. The number of nitrogens with zero attached hydrogens (tertiary/aromatic N) is 2. The van der Waals surface area contributed by atoms with Crippen LogP contribution in [0.2, 0.25) is 5.02 Å². The monoisotopic (exact) mass is 596 g/mol. The van der Waals surface area contributed by atoms with Crippen LogP contribution in [0.3, 0.4) is 0 Å². The van der Waals surface area contributed by atoms with Crippen molar-refractivity contribution in [2.45, 2.75) is 57.6 Å². The Labute approximate surface area is 253 Å². The highest BCUT2D eigenvalue weighted by Crippen LogP contribution is 2.43. The van der Waals surface area contributed by atoms with Crippen LogP contribution in [0, 0.1) is 0 Å². The number of pyridine rings is 1. The molecule has 0 radical (unpaired) electrons. The number of methoxy groups -OCH3 is 1. The van der Waals surface area contributed by atoms with Gasteiger partial charge in [0, 0.05) is 55.8 Å². The van der Waals surface area contributed by atoms with E-state index in [9.17, 15) is 9.59 Å². The van der Waals surface area contributed by atoms with Gasteiger partial charge in [0.05, 0.1) is 36.5 Å². The second-order valence-electron chi connectivity index (χ2n) is 10.8. The molecule has 9 nitrogen and oxygen atoms in total. The van der Waals surface area contributed by atoms with Gasteiger partial charge in [0.25, 0.3) is 0 Å². The highest BCUT2D eigenvalue weighted by atomic mass is 35.5. The number of carbonyl (C=O) groups is 2. The number of hydrogen-bond acceptors (Lipinski definition) is 9. The molecule has 0 aliphatic carbocycles. The van der Waals surface area contributed by atoms with Gasteiger partial charge in [-0.05, 0) is 56.0 Å². The van der Waals surface area contributed by atoms with Crippen LogP contribution in [0.1, 0.15) is 56.6 Å². The molecule has 0 bridgehead atoms. The average Bonchev–Trinajstić information content (AvgIpc) is 3.39. The van der Waals surface area contributed by atoms with Crippen LogP contribution in [0.25, 0.3) is 0 Å². The average molecular weight is 597 g/mol. The van der Waals surface area contributed by atoms with E-state index in [0.717, 1.165) is 31.5 Å². The molecule has 2 aromatic rings. The van der Waals surface area contributed by atoms with Crippen molar-refractivity contribution in [3.05, 3.63) is 87.5 Å². The lowest BCUT2D eigenvalue weighted by Gasteiger charge is -2.35. The first-order valence-corrected chi connectivity index (χ1v) is 14.9. The number of allylic oxidation sites excluding steroid dienone is 1. The quantitative estimate of drug-likeness (QED) is 0.255. The molecule has 10 heteroatoms. The van der Waals surface area contributed by atoms with E-state index in [0.29, 0.717) is 65.7 Å². The summed E-state index contributed by atoms with van der Waals surface area (Å²) in [5, 5.41) is 3.70. The van der Waals surface area contributed by atoms with Crippen LogP contribution in [0.15, 0.2) is 71.3 Å². The summed E-state index contributed by atoms with van der Waals surface area (Å²) in [6, 6.07) is 11.2. The number of ether oxygens (including phenoxy) is 3. The molecule has 0 amide bonds. The number of nitrogens with one attached hydrogen (secondary N) is 1. The van der Waals surface area contributed by atoms with Gasteiger partial charge in [-0.25, -0.2) is 9.59 Å². The lowest BCUT2D eigenvalue weighted by molar-refractivity contribution is -0.154. The minimum atomic E-state index is -0.802. The summed E-state index contributed by atoms with van der Waals surface area (Å²) in [5.41, 5.74) is 8.38. The number of carbonyl (C=O) groups excluding carboxylic acids is 2. The Morgan fingerprint density at radius 3 is 2.67 bits per heavy atom. The Kier molecular flexibility index (Phi) is 11.2. The van der Waals surface area contributed by atoms with E-state index < -0.39 is 23.5 Å². The second kappa shape index (κ2) is 14.8. The van der Waals surface area contributed by atoms with E-state index in [4.69, 9.17) is 31.5 Å². The number of esters is 2. The molecular formula is C32H41ClN4O5. The number of unbranched alkanes of at least 4 members (excludes halogenated alkanes) is 1. The molecule has 3 N–H and O–H groups in total. The molecule has 2 atom stereocenters. The molecule has 1 fully saturated rings. The zero-order chi connectivity index (χ0) is 30.1. The van der Waals surface area contributed by atoms with Crippen molar-refractivity contribution in [1.82, 2.24) is 15.2 Å². The predicted octanol–water partition coefficient (Wildman–Crippen LogP) is 4.48. The number of nitrogens with two attached hydrogens (primary N) is 1. The highest BCUT2D eigenvalue weighted by Gasteiger charge is 2.45. The maximum Gasteiger partial charge on any atom is 0.337 e. The normalized spacial score (nSPS) is 20.9. The van der Waals surface area contributed by atoms with Crippen molar-refractivity contribution in [2.24, 2.45) is 5.73 Å². The van der Waals surface area contributed by atoms with Gasteiger partial charge in [-0.2, -0.15) is 0 Å². The number of halogens is 1. The van der Waals surface area contributed by atoms with Gasteiger partial charge in [-0.3, -0.25) is 9.88 Å². The van der Waals surface area contributed by atoms with Gasteiger partial charge in [-0.1, -0.05) is 42.8 Å². The van der Waals surface area contributed by atoms with Gasteiger partial charge in [-0.15, -0.1) is 0 Å². The molecule has 4 rings (SSSR count). The predicted molar refractivity (Wildman–Crippen MR) is 161 cm³/mol. The molecule has 3 heterocycles. The van der Waals surface area contributed by atoms with Crippen LogP contribution in [-0.2, 0) is 30.3 Å². The molecule has 42 heavy (non-hydrogen) atoms. The van der Waals surface area contributed by atoms with E-state index in [1.165, 1.54) is 7.11 Å². The summed E-state index contributed by atoms with van der Waals surface area (Å²) in [5.74, 6) is -1.86. The van der Waals surface area contributed by atoms with E-state index in [1.807, 2.05) is 43.5 Å². The lowest BCUT2D eigenvalue weighted by Crippen LogP contribution is -2.41. The number of hydrogen-bond donors (Lipinski definition) is 2. The van der Waals surface area contributed by atoms with E-state index in [1.54, 1.807) is 19.2 Å². The topological polar surface area (TPSA) is 116 Å². The van der Waals surface area contributed by atoms with Crippen molar-refractivity contribution in [3.8, 4) is 0 Å². The standard InChI is InChI=1S/C32H41ClN4O5/c1-4-32(13-16-37(21-32)19-23-10-9-15-35-18-23)42-31(39)29-26(20-41-17-8-7-14-34)36-22(2)27(30(38)40-3)28(29)24-11-5-6-12-25(24)33/h5-6,9-12,15,18,28,36H,4,7-8,13-14,16-17,19-21,34H2,1-3H3/t28-,32-/m0/s1. The zero-order valence-corrected chi connectivity index (χ0v) is 25.4. The van der Waals surface area contributed by atoms with Crippen LogP contribution >= 0.6 is 11.6 Å². The molecular weight excluding hydrogens is 556 g/mol. The van der Waals surface area contributed by atoms with Gasteiger partial charge < -0.3 is 25.3 Å². The Morgan fingerprint density at radius 1 is 1.17 bits per heavy atom. The van der Waals surface area contributed by atoms with Crippen LogP contribution in [-0.4, -0.2) is 67.4 Å². The molecule has 226 valence electrons. The third-order valence-electron chi connectivity index (χ3n) is 7.95. The number of rotatable bonds is 13. The summed E-state index contributed by atoms with van der Waals surface area (Å²) < 4.78 is 17.6. The fourth-order valence-electron chi connectivity index (χ4n) is 5.68. The molecule has 0 saturated carbocycles. The van der Waals surface area contributed by atoms with Crippen molar-refractivity contribution in [3.63, 3.8) is 0 Å². The molecule has 2 aliphatic rings. The van der Waals surface area contributed by atoms with Gasteiger partial charge >= 0.3 is 11.9 Å². The molecule has 1 aromatic carbocycles. The zero-order valence-electron chi connectivity index (χ0n) is 24.7. The van der Waals surface area contributed by atoms with E-state index in [2.05, 4.69) is 15.2 Å². The van der Waals surface area contributed by atoms with Gasteiger partial charge in [0.2, 0.25) is 0 Å². The SMILES string of the molecule is CC[C@]1(OC(=O)C2=C(COCCCCN)NC(C)=C(C(=O)OC)[C@@H]2c2ccccc2Cl)CCN(Cc2cccnc2)C1. The van der Waals surface area contributed by atoms with Crippen molar-refractivity contribution >= 4 is 23.5 Å². The minimum absolute atomic E-state index is 0.133. The Hall–Kier alpha value is -3.24. The first kappa shape index (κ1) is 31.7.